The topological polar surface area (TPSA) is 0 Å². The molecule has 2 aromatic rings. The van der Waals surface area contributed by atoms with Crippen LogP contribution in [0.4, 0.5) is 8.78 Å². The van der Waals surface area contributed by atoms with Crippen LogP contribution in [0.3, 0.4) is 0 Å². The molecule has 0 saturated carbocycles. The Bertz CT molecular complexity index is 502. The van der Waals surface area contributed by atoms with Crippen LogP contribution in [-0.2, 0) is 6.42 Å². The van der Waals surface area contributed by atoms with Gasteiger partial charge in [-0.2, -0.15) is 0 Å². The molecule has 0 radical (unpaired) electrons. The van der Waals surface area contributed by atoms with Crippen molar-refractivity contribution in [1.29, 1.82) is 0 Å². The van der Waals surface area contributed by atoms with Crippen LogP contribution in [0, 0.1) is 18.6 Å². The summed E-state index contributed by atoms with van der Waals surface area (Å²) in [5.74, 6) is -1.07. The third-order valence-electron chi connectivity index (χ3n) is 2.63. The van der Waals surface area contributed by atoms with E-state index in [1.807, 2.05) is 18.4 Å². The summed E-state index contributed by atoms with van der Waals surface area (Å²) in [5, 5.41) is 1.54. The van der Waals surface area contributed by atoms with E-state index in [4.69, 9.17) is 11.6 Å². The molecule has 90 valence electrons. The highest BCUT2D eigenvalue weighted by molar-refractivity contribution is 7.10. The van der Waals surface area contributed by atoms with Crippen LogP contribution in [0.15, 0.2) is 29.6 Å². The van der Waals surface area contributed by atoms with Gasteiger partial charge in [0.2, 0.25) is 0 Å². The Kier molecular flexibility index (Phi) is 3.79. The quantitative estimate of drug-likeness (QED) is 0.700. The molecule has 0 aliphatic heterocycles. The van der Waals surface area contributed by atoms with E-state index < -0.39 is 11.6 Å². The molecule has 0 nitrogen and oxygen atoms in total. The first kappa shape index (κ1) is 12.5. The number of alkyl halides is 1. The second-order valence-corrected chi connectivity index (χ2v) is 5.31. The normalized spacial score (nSPS) is 12.7. The standard InChI is InChI=1S/C13H11ClF2S/c1-8-5-6-17-13(8)10(14)7-9-11(15)3-2-4-12(9)16/h2-6,10H,7H2,1H3. The smallest absolute Gasteiger partial charge is 0.129 e. The molecule has 4 heteroatoms. The first-order chi connectivity index (χ1) is 8.09. The van der Waals surface area contributed by atoms with Gasteiger partial charge in [0.05, 0.1) is 5.38 Å². The summed E-state index contributed by atoms with van der Waals surface area (Å²) in [6.07, 6.45) is 0.168. The summed E-state index contributed by atoms with van der Waals surface area (Å²) in [4.78, 5) is 0.967. The van der Waals surface area contributed by atoms with E-state index in [2.05, 4.69) is 0 Å². The average molecular weight is 273 g/mol. The van der Waals surface area contributed by atoms with Crippen molar-refractivity contribution in [3.63, 3.8) is 0 Å². The monoisotopic (exact) mass is 272 g/mol. The Morgan fingerprint density at radius 2 is 1.88 bits per heavy atom. The summed E-state index contributed by atoms with van der Waals surface area (Å²) in [5.41, 5.74) is 1.12. The molecule has 1 aromatic carbocycles. The zero-order chi connectivity index (χ0) is 12.4. The molecule has 1 unspecified atom stereocenters. The van der Waals surface area contributed by atoms with E-state index in [0.717, 1.165) is 10.4 Å². The summed E-state index contributed by atoms with van der Waals surface area (Å²) in [6.45, 7) is 1.94. The molecule has 0 spiro atoms. The van der Waals surface area contributed by atoms with Crippen molar-refractivity contribution in [2.24, 2.45) is 0 Å². The van der Waals surface area contributed by atoms with Crippen molar-refractivity contribution in [3.05, 3.63) is 57.3 Å². The SMILES string of the molecule is Cc1ccsc1C(Cl)Cc1c(F)cccc1F. The number of hydrogen-bond acceptors (Lipinski definition) is 1. The predicted octanol–water partition coefficient (Wildman–Crippen LogP) is 4.86. The molecule has 0 aliphatic rings. The lowest BCUT2D eigenvalue weighted by Crippen LogP contribution is -2.01. The van der Waals surface area contributed by atoms with Crippen molar-refractivity contribution in [3.8, 4) is 0 Å². The maximum Gasteiger partial charge on any atom is 0.129 e. The van der Waals surface area contributed by atoms with E-state index >= 15 is 0 Å². The van der Waals surface area contributed by atoms with Gasteiger partial charge < -0.3 is 0 Å². The molecule has 1 atom stereocenters. The second kappa shape index (κ2) is 5.15. The fourth-order valence-corrected chi connectivity index (χ4v) is 3.09. The molecular weight excluding hydrogens is 262 g/mol. The number of thiophene rings is 1. The van der Waals surface area contributed by atoms with Gasteiger partial charge in [-0.15, -0.1) is 22.9 Å². The highest BCUT2D eigenvalue weighted by atomic mass is 35.5. The lowest BCUT2D eigenvalue weighted by Gasteiger charge is -2.10. The van der Waals surface area contributed by atoms with E-state index in [9.17, 15) is 8.78 Å². The Balaban J connectivity index is 2.25. The highest BCUT2D eigenvalue weighted by Crippen LogP contribution is 2.32. The number of benzene rings is 1. The molecule has 0 amide bonds. The lowest BCUT2D eigenvalue weighted by molar-refractivity contribution is 0.553. The zero-order valence-electron chi connectivity index (χ0n) is 9.21. The third-order valence-corrected chi connectivity index (χ3v) is 4.27. The third kappa shape index (κ3) is 2.67. The molecular formula is C13H11ClF2S. The van der Waals surface area contributed by atoms with Crippen LogP contribution < -0.4 is 0 Å². The van der Waals surface area contributed by atoms with Crippen molar-refractivity contribution in [2.75, 3.05) is 0 Å². The van der Waals surface area contributed by atoms with Gasteiger partial charge >= 0.3 is 0 Å². The van der Waals surface area contributed by atoms with Gasteiger partial charge in [0.25, 0.3) is 0 Å². The molecule has 2 rings (SSSR count). The number of aryl methyl sites for hydroxylation is 1. The summed E-state index contributed by atoms with van der Waals surface area (Å²) in [7, 11) is 0. The largest absolute Gasteiger partial charge is 0.207 e. The van der Waals surface area contributed by atoms with Crippen LogP contribution in [-0.4, -0.2) is 0 Å². The van der Waals surface area contributed by atoms with Crippen molar-refractivity contribution in [2.45, 2.75) is 18.7 Å². The molecule has 0 bridgehead atoms. The first-order valence-electron chi connectivity index (χ1n) is 5.20. The first-order valence-corrected chi connectivity index (χ1v) is 6.52. The average Bonchev–Trinajstić information content (AvgIpc) is 2.70. The van der Waals surface area contributed by atoms with Crippen molar-refractivity contribution in [1.82, 2.24) is 0 Å². The molecule has 0 N–H and O–H groups in total. The van der Waals surface area contributed by atoms with Gasteiger partial charge in [0.15, 0.2) is 0 Å². The van der Waals surface area contributed by atoms with Crippen LogP contribution >= 0.6 is 22.9 Å². The van der Waals surface area contributed by atoms with Crippen molar-refractivity contribution >= 4 is 22.9 Å². The van der Waals surface area contributed by atoms with E-state index in [0.29, 0.717) is 0 Å². The van der Waals surface area contributed by atoms with Crippen LogP contribution in [0.25, 0.3) is 0 Å². The maximum absolute atomic E-state index is 13.5. The minimum atomic E-state index is -0.537. The van der Waals surface area contributed by atoms with Gasteiger partial charge in [-0.1, -0.05) is 6.07 Å². The Morgan fingerprint density at radius 3 is 2.41 bits per heavy atom. The van der Waals surface area contributed by atoms with E-state index in [1.54, 1.807) is 0 Å². The van der Waals surface area contributed by atoms with Gasteiger partial charge in [0.1, 0.15) is 11.6 Å². The minimum Gasteiger partial charge on any atom is -0.207 e. The summed E-state index contributed by atoms with van der Waals surface area (Å²) < 4.78 is 26.9. The molecule has 17 heavy (non-hydrogen) atoms. The van der Waals surface area contributed by atoms with Crippen LogP contribution in [0.5, 0.6) is 0 Å². The molecule has 0 aliphatic carbocycles. The fourth-order valence-electron chi connectivity index (χ4n) is 1.70. The Hall–Kier alpha value is -0.930. The van der Waals surface area contributed by atoms with Crippen LogP contribution in [0.1, 0.15) is 21.4 Å². The minimum absolute atomic E-state index is 0.0558. The number of halogens is 3. The lowest BCUT2D eigenvalue weighted by atomic mass is 10.1. The van der Waals surface area contributed by atoms with E-state index in [-0.39, 0.29) is 17.4 Å². The Labute approximate surface area is 108 Å². The summed E-state index contributed by atoms with van der Waals surface area (Å²) in [6, 6.07) is 5.81. The summed E-state index contributed by atoms with van der Waals surface area (Å²) >= 11 is 7.72. The molecule has 0 saturated heterocycles. The van der Waals surface area contributed by atoms with Gasteiger partial charge in [0, 0.05) is 10.4 Å². The molecule has 1 heterocycles. The van der Waals surface area contributed by atoms with Gasteiger partial charge in [-0.05, 0) is 42.5 Å². The van der Waals surface area contributed by atoms with Gasteiger partial charge in [-0.3, -0.25) is 0 Å². The fraction of sp³-hybridized carbons (Fsp3) is 0.231. The molecule has 1 aromatic heterocycles. The zero-order valence-corrected chi connectivity index (χ0v) is 10.8. The van der Waals surface area contributed by atoms with E-state index in [1.165, 1.54) is 29.5 Å². The van der Waals surface area contributed by atoms with Crippen LogP contribution in [0.2, 0.25) is 0 Å². The Morgan fingerprint density at radius 1 is 1.24 bits per heavy atom. The number of hydrogen-bond donors (Lipinski definition) is 0. The predicted molar refractivity (Wildman–Crippen MR) is 67.7 cm³/mol. The number of rotatable bonds is 3. The highest BCUT2D eigenvalue weighted by Gasteiger charge is 2.17. The maximum atomic E-state index is 13.5. The molecule has 0 fully saturated rings. The second-order valence-electron chi connectivity index (χ2n) is 3.84. The van der Waals surface area contributed by atoms with Gasteiger partial charge in [-0.25, -0.2) is 8.78 Å². The van der Waals surface area contributed by atoms with Crippen molar-refractivity contribution < 1.29 is 8.78 Å².